The summed E-state index contributed by atoms with van der Waals surface area (Å²) in [6.07, 6.45) is 4.72. The number of carbonyl (C=O) groups excluding carboxylic acids is 1. The molecule has 152 valence electrons. The Morgan fingerprint density at radius 1 is 1.18 bits per heavy atom. The van der Waals surface area contributed by atoms with Crippen LogP contribution >= 0.6 is 0 Å². The second-order valence-electron chi connectivity index (χ2n) is 9.23. The number of benzene rings is 1. The number of nitrogens with zero attached hydrogens (tertiary/aromatic N) is 3. The van der Waals surface area contributed by atoms with E-state index in [-0.39, 0.29) is 11.4 Å². The molecule has 1 N–H and O–H groups in total. The maximum atomic E-state index is 12.4. The van der Waals surface area contributed by atoms with Gasteiger partial charge in [0.2, 0.25) is 5.89 Å². The van der Waals surface area contributed by atoms with Gasteiger partial charge in [-0.2, -0.15) is 0 Å². The monoisotopic (exact) mass is 384 g/mol. The Hall–Kier alpha value is -2.08. The highest BCUT2D eigenvalue weighted by Crippen LogP contribution is 2.26. The van der Waals surface area contributed by atoms with Gasteiger partial charge in [0.25, 0.3) is 0 Å². The van der Waals surface area contributed by atoms with Gasteiger partial charge in [-0.3, -0.25) is 4.90 Å². The fourth-order valence-electron chi connectivity index (χ4n) is 4.15. The number of nitrogens with one attached hydrogen (secondary N) is 1. The van der Waals surface area contributed by atoms with Crippen molar-refractivity contribution in [2.75, 3.05) is 26.2 Å². The van der Waals surface area contributed by atoms with Crippen molar-refractivity contribution in [3.63, 3.8) is 0 Å². The van der Waals surface area contributed by atoms with E-state index < -0.39 is 0 Å². The van der Waals surface area contributed by atoms with Crippen LogP contribution in [0, 0.1) is 0 Å². The van der Waals surface area contributed by atoms with Crippen molar-refractivity contribution >= 4 is 17.1 Å². The van der Waals surface area contributed by atoms with E-state index in [1.54, 1.807) is 0 Å². The molecule has 0 spiro atoms. The maximum Gasteiger partial charge on any atom is 0.317 e. The molecule has 0 bridgehead atoms. The molecular formula is C22H32N4O2. The summed E-state index contributed by atoms with van der Waals surface area (Å²) in [7, 11) is 0. The van der Waals surface area contributed by atoms with Crippen molar-refractivity contribution in [1.82, 2.24) is 20.1 Å². The van der Waals surface area contributed by atoms with Crippen LogP contribution in [0.1, 0.15) is 57.9 Å². The smallest absolute Gasteiger partial charge is 0.317 e. The summed E-state index contributed by atoms with van der Waals surface area (Å²) < 4.78 is 5.96. The number of piperazine rings is 1. The summed E-state index contributed by atoms with van der Waals surface area (Å²) in [4.78, 5) is 21.4. The standard InChI is InChI=1S/C22H32N4O2/c1-22(2,3)16-8-9-19-18(14-16)24-20(28-19)15-25-10-12-26(13-11-25)21(27)23-17-6-4-5-7-17/h8-9,14,17H,4-7,10-13,15H2,1-3H3,(H,23,27). The average molecular weight is 385 g/mol. The summed E-state index contributed by atoms with van der Waals surface area (Å²) in [5, 5.41) is 3.19. The quantitative estimate of drug-likeness (QED) is 0.872. The number of aromatic nitrogens is 1. The molecule has 6 nitrogen and oxygen atoms in total. The van der Waals surface area contributed by atoms with Crippen molar-refractivity contribution in [3.8, 4) is 0 Å². The largest absolute Gasteiger partial charge is 0.439 e. The number of urea groups is 1. The molecule has 2 fully saturated rings. The molecule has 1 saturated carbocycles. The van der Waals surface area contributed by atoms with Gasteiger partial charge in [0.15, 0.2) is 5.58 Å². The van der Waals surface area contributed by atoms with E-state index >= 15 is 0 Å². The van der Waals surface area contributed by atoms with Crippen LogP contribution in [0.25, 0.3) is 11.1 Å². The molecule has 1 aliphatic heterocycles. The van der Waals surface area contributed by atoms with Crippen LogP contribution in [-0.4, -0.2) is 53.0 Å². The highest BCUT2D eigenvalue weighted by Gasteiger charge is 2.25. The first-order chi connectivity index (χ1) is 13.4. The molecule has 2 heterocycles. The Kier molecular flexibility index (Phi) is 5.32. The molecule has 0 radical (unpaired) electrons. The lowest BCUT2D eigenvalue weighted by Gasteiger charge is -2.34. The van der Waals surface area contributed by atoms with Crippen LogP contribution in [0.15, 0.2) is 22.6 Å². The Morgan fingerprint density at radius 3 is 2.57 bits per heavy atom. The van der Waals surface area contributed by atoms with Crippen LogP contribution in [0.2, 0.25) is 0 Å². The maximum absolute atomic E-state index is 12.4. The number of hydrogen-bond donors (Lipinski definition) is 1. The molecule has 2 aliphatic rings. The fourth-order valence-corrected chi connectivity index (χ4v) is 4.15. The van der Waals surface area contributed by atoms with Crippen LogP contribution in [0.4, 0.5) is 4.79 Å². The van der Waals surface area contributed by atoms with E-state index in [0.717, 1.165) is 56.0 Å². The molecule has 0 atom stereocenters. The summed E-state index contributed by atoms with van der Waals surface area (Å²) >= 11 is 0. The Labute approximate surface area is 167 Å². The number of carbonyl (C=O) groups is 1. The molecule has 4 rings (SSSR count). The first-order valence-corrected chi connectivity index (χ1v) is 10.6. The zero-order chi connectivity index (χ0) is 19.7. The van der Waals surface area contributed by atoms with E-state index in [4.69, 9.17) is 9.40 Å². The Bertz CT molecular complexity index is 825. The van der Waals surface area contributed by atoms with E-state index in [1.807, 2.05) is 11.0 Å². The van der Waals surface area contributed by atoms with Gasteiger partial charge in [-0.15, -0.1) is 0 Å². The number of oxazole rings is 1. The molecule has 2 amide bonds. The third-order valence-corrected chi connectivity index (χ3v) is 6.00. The second-order valence-corrected chi connectivity index (χ2v) is 9.23. The minimum absolute atomic E-state index is 0.0999. The van der Waals surface area contributed by atoms with Gasteiger partial charge in [0.1, 0.15) is 5.52 Å². The van der Waals surface area contributed by atoms with Crippen molar-refractivity contribution < 1.29 is 9.21 Å². The third kappa shape index (κ3) is 4.32. The van der Waals surface area contributed by atoms with Gasteiger partial charge < -0.3 is 14.6 Å². The van der Waals surface area contributed by atoms with Crippen molar-refractivity contribution in [2.45, 2.75) is 64.5 Å². The lowest BCUT2D eigenvalue weighted by Crippen LogP contribution is -2.52. The Balaban J connectivity index is 1.32. The summed E-state index contributed by atoms with van der Waals surface area (Å²) in [5.41, 5.74) is 3.14. The van der Waals surface area contributed by atoms with Gasteiger partial charge in [0.05, 0.1) is 6.54 Å². The normalized spacial score (nSPS) is 19.5. The SMILES string of the molecule is CC(C)(C)c1ccc2oc(CN3CCN(C(=O)NC4CCCC4)CC3)nc2c1. The Morgan fingerprint density at radius 2 is 1.89 bits per heavy atom. The zero-order valence-corrected chi connectivity index (χ0v) is 17.3. The van der Waals surface area contributed by atoms with E-state index in [0.29, 0.717) is 12.6 Å². The molecular weight excluding hydrogens is 352 g/mol. The molecule has 1 saturated heterocycles. The molecule has 1 aliphatic carbocycles. The van der Waals surface area contributed by atoms with Crippen LogP contribution in [-0.2, 0) is 12.0 Å². The summed E-state index contributed by atoms with van der Waals surface area (Å²) in [5.74, 6) is 0.755. The number of amides is 2. The van der Waals surface area contributed by atoms with Gasteiger partial charge in [-0.1, -0.05) is 39.7 Å². The van der Waals surface area contributed by atoms with E-state index in [1.165, 1.54) is 18.4 Å². The summed E-state index contributed by atoms with van der Waals surface area (Å²) in [6, 6.07) is 6.76. The van der Waals surface area contributed by atoms with Crippen molar-refractivity contribution in [2.24, 2.45) is 0 Å². The van der Waals surface area contributed by atoms with E-state index in [9.17, 15) is 4.79 Å². The number of rotatable bonds is 3. The van der Waals surface area contributed by atoms with Gasteiger partial charge in [-0.05, 0) is 36.0 Å². The van der Waals surface area contributed by atoms with Crippen LogP contribution in [0.5, 0.6) is 0 Å². The third-order valence-electron chi connectivity index (χ3n) is 6.00. The fraction of sp³-hybridized carbons (Fsp3) is 0.636. The summed E-state index contributed by atoms with van der Waals surface area (Å²) in [6.45, 7) is 10.5. The van der Waals surface area contributed by atoms with Crippen LogP contribution in [0.3, 0.4) is 0 Å². The van der Waals surface area contributed by atoms with E-state index in [2.05, 4.69) is 43.1 Å². The van der Waals surface area contributed by atoms with Gasteiger partial charge in [0, 0.05) is 32.2 Å². The highest BCUT2D eigenvalue weighted by atomic mass is 16.3. The van der Waals surface area contributed by atoms with Crippen molar-refractivity contribution in [3.05, 3.63) is 29.7 Å². The minimum atomic E-state index is 0.0999. The van der Waals surface area contributed by atoms with Gasteiger partial charge >= 0.3 is 6.03 Å². The molecule has 2 aromatic rings. The van der Waals surface area contributed by atoms with Gasteiger partial charge in [-0.25, -0.2) is 9.78 Å². The topological polar surface area (TPSA) is 61.6 Å². The predicted octanol–water partition coefficient (Wildman–Crippen LogP) is 3.90. The highest BCUT2D eigenvalue weighted by molar-refractivity contribution is 5.75. The number of hydrogen-bond acceptors (Lipinski definition) is 4. The lowest BCUT2D eigenvalue weighted by atomic mass is 9.87. The zero-order valence-electron chi connectivity index (χ0n) is 17.3. The predicted molar refractivity (Wildman–Crippen MR) is 110 cm³/mol. The average Bonchev–Trinajstić information content (AvgIpc) is 3.29. The number of fused-ring (bicyclic) bond motifs is 1. The second kappa shape index (κ2) is 7.74. The first kappa shape index (κ1) is 19.2. The first-order valence-electron chi connectivity index (χ1n) is 10.6. The molecule has 0 unspecified atom stereocenters. The molecule has 28 heavy (non-hydrogen) atoms. The molecule has 1 aromatic heterocycles. The van der Waals surface area contributed by atoms with Crippen molar-refractivity contribution in [1.29, 1.82) is 0 Å². The molecule has 6 heteroatoms. The minimum Gasteiger partial charge on any atom is -0.439 e. The molecule has 1 aromatic carbocycles. The van der Waals surface area contributed by atoms with Crippen LogP contribution < -0.4 is 5.32 Å². The lowest BCUT2D eigenvalue weighted by molar-refractivity contribution is 0.127.